The molecule has 0 saturated heterocycles. The summed E-state index contributed by atoms with van der Waals surface area (Å²) in [5.41, 5.74) is 1.27. The quantitative estimate of drug-likeness (QED) is 0.205. The molecule has 0 unspecified atom stereocenters. The van der Waals surface area contributed by atoms with Crippen LogP contribution in [0.15, 0.2) is 54.6 Å². The molecule has 9 nitrogen and oxygen atoms in total. The largest absolute Gasteiger partial charge is 0.497 e. The summed E-state index contributed by atoms with van der Waals surface area (Å²) in [7, 11) is 2.81. The maximum absolute atomic E-state index is 13.2. The van der Waals surface area contributed by atoms with E-state index in [9.17, 15) is 19.2 Å². The average molecular weight is 545 g/mol. The number of carbonyl (C=O) groups is 4. The van der Waals surface area contributed by atoms with E-state index < -0.39 is 12.0 Å². The van der Waals surface area contributed by atoms with Gasteiger partial charge in [-0.15, -0.1) is 0 Å². The first-order chi connectivity index (χ1) is 18.3. The number of rotatable bonds is 15. The SMILES string of the molecule is CCC(=O)N[C@@H](CCC(=O)N(C/C=C/COc1cc(Cl)ccc1C=O)Cc1ccc(OC)cc1)C(=O)OC. The molecule has 0 spiro atoms. The van der Waals surface area contributed by atoms with Crippen LogP contribution in [0.25, 0.3) is 0 Å². The Labute approximate surface area is 227 Å². The van der Waals surface area contributed by atoms with Gasteiger partial charge in [-0.05, 0) is 48.4 Å². The Morgan fingerprint density at radius 2 is 1.82 bits per heavy atom. The summed E-state index contributed by atoms with van der Waals surface area (Å²) in [5.74, 6) is -0.0419. The third-order valence-corrected chi connectivity index (χ3v) is 5.84. The summed E-state index contributed by atoms with van der Waals surface area (Å²) in [6.07, 6.45) is 4.55. The zero-order valence-corrected chi connectivity index (χ0v) is 22.5. The average Bonchev–Trinajstić information content (AvgIpc) is 2.94. The molecule has 2 aromatic carbocycles. The highest BCUT2D eigenvalue weighted by Crippen LogP contribution is 2.22. The van der Waals surface area contributed by atoms with Gasteiger partial charge in [-0.3, -0.25) is 14.4 Å². The van der Waals surface area contributed by atoms with Crippen molar-refractivity contribution < 1.29 is 33.4 Å². The van der Waals surface area contributed by atoms with Gasteiger partial charge in [0.15, 0.2) is 6.29 Å². The van der Waals surface area contributed by atoms with Gasteiger partial charge in [0.1, 0.15) is 24.1 Å². The topological polar surface area (TPSA) is 111 Å². The molecule has 0 heterocycles. The highest BCUT2D eigenvalue weighted by atomic mass is 35.5. The van der Waals surface area contributed by atoms with Crippen LogP contribution < -0.4 is 14.8 Å². The zero-order valence-electron chi connectivity index (χ0n) is 21.8. The van der Waals surface area contributed by atoms with E-state index >= 15 is 0 Å². The summed E-state index contributed by atoms with van der Waals surface area (Å²) >= 11 is 5.99. The fraction of sp³-hybridized carbons (Fsp3) is 0.357. The first-order valence-corrected chi connectivity index (χ1v) is 12.5. The van der Waals surface area contributed by atoms with Gasteiger partial charge in [-0.2, -0.15) is 0 Å². The van der Waals surface area contributed by atoms with Crippen LogP contribution in [0.1, 0.15) is 42.1 Å². The molecule has 1 N–H and O–H groups in total. The highest BCUT2D eigenvalue weighted by Gasteiger charge is 2.23. The number of halogens is 1. The Morgan fingerprint density at radius 1 is 1.08 bits per heavy atom. The van der Waals surface area contributed by atoms with E-state index in [2.05, 4.69) is 5.32 Å². The fourth-order valence-electron chi connectivity index (χ4n) is 3.46. The number of methoxy groups -OCH3 is 2. The van der Waals surface area contributed by atoms with E-state index in [4.69, 9.17) is 25.8 Å². The van der Waals surface area contributed by atoms with Gasteiger partial charge < -0.3 is 24.4 Å². The lowest BCUT2D eigenvalue weighted by Crippen LogP contribution is -2.42. The highest BCUT2D eigenvalue weighted by molar-refractivity contribution is 6.30. The zero-order chi connectivity index (χ0) is 27.9. The van der Waals surface area contributed by atoms with Gasteiger partial charge in [0, 0.05) is 31.0 Å². The first-order valence-electron chi connectivity index (χ1n) is 12.1. The van der Waals surface area contributed by atoms with Crippen LogP contribution >= 0.6 is 11.6 Å². The molecule has 0 aliphatic carbocycles. The van der Waals surface area contributed by atoms with Crippen LogP contribution in [0.5, 0.6) is 11.5 Å². The van der Waals surface area contributed by atoms with Gasteiger partial charge in [-0.1, -0.05) is 36.7 Å². The minimum Gasteiger partial charge on any atom is -0.497 e. The molecule has 10 heteroatoms. The molecule has 2 amide bonds. The van der Waals surface area contributed by atoms with Crippen molar-refractivity contribution in [3.8, 4) is 11.5 Å². The number of amides is 2. The summed E-state index contributed by atoms with van der Waals surface area (Å²) in [6, 6.07) is 11.2. The molecule has 0 radical (unpaired) electrons. The Hall–Kier alpha value is -3.85. The number of esters is 1. The molecule has 2 rings (SSSR count). The number of hydrogen-bond donors (Lipinski definition) is 1. The lowest BCUT2D eigenvalue weighted by Gasteiger charge is -2.23. The van der Waals surface area contributed by atoms with Gasteiger partial charge in [0.2, 0.25) is 11.8 Å². The van der Waals surface area contributed by atoms with Crippen LogP contribution in [0.3, 0.4) is 0 Å². The summed E-state index contributed by atoms with van der Waals surface area (Å²) in [5, 5.41) is 3.05. The van der Waals surface area contributed by atoms with E-state index in [1.807, 2.05) is 24.3 Å². The third-order valence-electron chi connectivity index (χ3n) is 5.60. The van der Waals surface area contributed by atoms with Crippen molar-refractivity contribution in [3.63, 3.8) is 0 Å². The van der Waals surface area contributed by atoms with Gasteiger partial charge in [-0.25, -0.2) is 4.79 Å². The number of nitrogens with one attached hydrogen (secondary N) is 1. The lowest BCUT2D eigenvalue weighted by molar-refractivity contribution is -0.145. The van der Waals surface area contributed by atoms with Crippen molar-refractivity contribution >= 4 is 35.7 Å². The fourth-order valence-corrected chi connectivity index (χ4v) is 3.62. The predicted molar refractivity (Wildman–Crippen MR) is 143 cm³/mol. The number of carbonyl (C=O) groups excluding carboxylic acids is 4. The van der Waals surface area contributed by atoms with E-state index in [1.165, 1.54) is 7.11 Å². The van der Waals surface area contributed by atoms with Crippen molar-refractivity contribution in [2.24, 2.45) is 0 Å². The van der Waals surface area contributed by atoms with Crippen LogP contribution in [0.2, 0.25) is 5.02 Å². The van der Waals surface area contributed by atoms with E-state index in [1.54, 1.807) is 49.3 Å². The number of benzene rings is 2. The molecule has 2 aromatic rings. The number of aldehydes is 1. The normalized spacial score (nSPS) is 11.5. The molecule has 38 heavy (non-hydrogen) atoms. The van der Waals surface area contributed by atoms with Crippen molar-refractivity contribution in [1.29, 1.82) is 0 Å². The maximum Gasteiger partial charge on any atom is 0.328 e. The number of ether oxygens (including phenoxy) is 3. The number of hydrogen-bond acceptors (Lipinski definition) is 7. The van der Waals surface area contributed by atoms with Crippen LogP contribution in [0, 0.1) is 0 Å². The Balaban J connectivity index is 2.07. The third kappa shape index (κ3) is 9.89. The van der Waals surface area contributed by atoms with E-state index in [0.717, 1.165) is 5.56 Å². The second kappa shape index (κ2) is 16.1. The van der Waals surface area contributed by atoms with Crippen LogP contribution in [-0.2, 0) is 25.7 Å². The molecule has 204 valence electrons. The molecule has 0 aliphatic heterocycles. The number of nitrogens with zero attached hydrogens (tertiary/aromatic N) is 1. The maximum atomic E-state index is 13.2. The van der Waals surface area contributed by atoms with Crippen LogP contribution in [0.4, 0.5) is 0 Å². The first kappa shape index (κ1) is 30.4. The molecule has 0 aliphatic rings. The van der Waals surface area contributed by atoms with Crippen molar-refractivity contribution in [2.75, 3.05) is 27.4 Å². The van der Waals surface area contributed by atoms with Crippen molar-refractivity contribution in [2.45, 2.75) is 38.8 Å². The van der Waals surface area contributed by atoms with Gasteiger partial charge >= 0.3 is 5.97 Å². The Bertz CT molecular complexity index is 1120. The standard InChI is InChI=1S/C28H33ClN2O7/c1-4-26(33)30-24(28(35)37-3)13-14-27(34)31(18-20-7-11-23(36-2)12-8-20)15-5-6-16-38-25-17-22(29)10-9-21(25)19-32/h5-12,17,19,24H,4,13-16,18H2,1-3H3,(H,30,33)/b6-5+/t24-/m0/s1. The smallest absolute Gasteiger partial charge is 0.328 e. The molecule has 1 atom stereocenters. The minimum atomic E-state index is -0.909. The van der Waals surface area contributed by atoms with Crippen molar-refractivity contribution in [3.05, 3.63) is 70.8 Å². The second-order valence-corrected chi connectivity index (χ2v) is 8.68. The minimum absolute atomic E-state index is 0.0233. The monoisotopic (exact) mass is 544 g/mol. The van der Waals surface area contributed by atoms with Crippen LogP contribution in [-0.4, -0.2) is 62.4 Å². The predicted octanol–water partition coefficient (Wildman–Crippen LogP) is 3.97. The molecular weight excluding hydrogens is 512 g/mol. The van der Waals surface area contributed by atoms with E-state index in [0.29, 0.717) is 34.9 Å². The van der Waals surface area contributed by atoms with Gasteiger partial charge in [0.25, 0.3) is 0 Å². The van der Waals surface area contributed by atoms with Crippen molar-refractivity contribution in [1.82, 2.24) is 10.2 Å². The Morgan fingerprint density at radius 3 is 2.45 bits per heavy atom. The van der Waals surface area contributed by atoms with Gasteiger partial charge in [0.05, 0.1) is 19.8 Å². The lowest BCUT2D eigenvalue weighted by atomic mass is 10.1. The van der Waals surface area contributed by atoms with E-state index in [-0.39, 0.29) is 44.2 Å². The molecule has 0 saturated carbocycles. The summed E-state index contributed by atoms with van der Waals surface area (Å²) in [6.45, 7) is 2.43. The molecule has 0 bridgehead atoms. The second-order valence-electron chi connectivity index (χ2n) is 8.24. The molecular formula is C28H33ClN2O7. The summed E-state index contributed by atoms with van der Waals surface area (Å²) in [4.78, 5) is 49.9. The molecule has 0 aromatic heterocycles. The summed E-state index contributed by atoms with van der Waals surface area (Å²) < 4.78 is 15.6. The Kier molecular flexibility index (Phi) is 12.9. The molecule has 0 fully saturated rings.